The van der Waals surface area contributed by atoms with Gasteiger partial charge in [0.2, 0.25) is 5.91 Å². The van der Waals surface area contributed by atoms with E-state index < -0.39 is 0 Å². The smallest absolute Gasteiger partial charge is 0.245 e. The maximum atomic E-state index is 11.5. The van der Waals surface area contributed by atoms with Crippen LogP contribution in [-0.2, 0) is 22.5 Å². The molecule has 31 heavy (non-hydrogen) atoms. The minimum atomic E-state index is -0.0561. The van der Waals surface area contributed by atoms with Gasteiger partial charge in [-0.05, 0) is 41.3 Å². The van der Waals surface area contributed by atoms with Gasteiger partial charge in [0.1, 0.15) is 12.4 Å². The molecule has 1 amide bonds. The third-order valence-electron chi connectivity index (χ3n) is 5.62. The summed E-state index contributed by atoms with van der Waals surface area (Å²) in [5, 5.41) is 5.44. The van der Waals surface area contributed by atoms with Crippen LogP contribution in [0.3, 0.4) is 0 Å². The van der Waals surface area contributed by atoms with Crippen LogP contribution in [0.1, 0.15) is 30.7 Å². The van der Waals surface area contributed by atoms with Crippen LogP contribution < -0.4 is 5.32 Å². The number of hydrogen-bond donors (Lipinski definition) is 1. The lowest BCUT2D eigenvalue weighted by Crippen LogP contribution is -2.27. The van der Waals surface area contributed by atoms with Crippen molar-refractivity contribution in [2.45, 2.75) is 32.2 Å². The van der Waals surface area contributed by atoms with Crippen molar-refractivity contribution in [2.75, 3.05) is 20.3 Å². The zero-order valence-electron chi connectivity index (χ0n) is 18.0. The van der Waals surface area contributed by atoms with Crippen molar-refractivity contribution in [3.05, 3.63) is 78.1 Å². The van der Waals surface area contributed by atoms with E-state index >= 15 is 0 Å². The Balaban J connectivity index is 1.47. The maximum absolute atomic E-state index is 11.5. The number of carbonyl (C=O) groups is 1. The lowest BCUT2D eigenvalue weighted by atomic mass is 10.0. The fourth-order valence-corrected chi connectivity index (χ4v) is 4.09. The zero-order chi connectivity index (χ0) is 21.5. The topological polar surface area (TPSA) is 56.1 Å². The van der Waals surface area contributed by atoms with Crippen molar-refractivity contribution in [3.63, 3.8) is 0 Å². The van der Waals surface area contributed by atoms with Crippen LogP contribution in [0.5, 0.6) is 0 Å². The molecule has 160 valence electrons. The fourth-order valence-electron chi connectivity index (χ4n) is 4.09. The Bertz CT molecular complexity index is 1160. The molecule has 0 saturated heterocycles. The summed E-state index contributed by atoms with van der Waals surface area (Å²) in [5.74, 6) is 1.07. The van der Waals surface area contributed by atoms with Crippen molar-refractivity contribution >= 4 is 27.7 Å². The maximum Gasteiger partial charge on any atom is 0.245 e. The monoisotopic (exact) mass is 415 g/mol. The van der Waals surface area contributed by atoms with E-state index in [9.17, 15) is 4.79 Å². The second kappa shape index (κ2) is 10.2. The second-order valence-corrected chi connectivity index (χ2v) is 7.83. The lowest BCUT2D eigenvalue weighted by molar-refractivity contribution is -0.124. The van der Waals surface area contributed by atoms with Gasteiger partial charge in [-0.2, -0.15) is 0 Å². The van der Waals surface area contributed by atoms with Crippen molar-refractivity contribution in [1.29, 1.82) is 0 Å². The summed E-state index contributed by atoms with van der Waals surface area (Å²) in [7, 11) is 1.53. The number of benzene rings is 3. The number of rotatable bonds is 10. The van der Waals surface area contributed by atoms with E-state index in [4.69, 9.17) is 9.72 Å². The first kappa shape index (κ1) is 21.1. The Hall–Kier alpha value is -3.18. The molecule has 0 bridgehead atoms. The normalized spacial score (nSPS) is 11.3. The summed E-state index contributed by atoms with van der Waals surface area (Å²) in [6.45, 7) is 1.62. The van der Waals surface area contributed by atoms with E-state index in [0.717, 1.165) is 43.6 Å². The number of unbranched alkanes of at least 4 members (excludes halogenated alkanes) is 2. The Labute approximate surface area is 183 Å². The molecular weight excluding hydrogens is 386 g/mol. The van der Waals surface area contributed by atoms with Crippen LogP contribution in [0.15, 0.2) is 66.7 Å². The molecule has 5 heteroatoms. The number of aromatic nitrogens is 2. The second-order valence-electron chi connectivity index (χ2n) is 7.83. The number of ether oxygens (including phenoxy) is 1. The predicted molar refractivity (Wildman–Crippen MR) is 125 cm³/mol. The van der Waals surface area contributed by atoms with E-state index in [1.165, 1.54) is 29.0 Å². The molecule has 0 fully saturated rings. The Morgan fingerprint density at radius 1 is 0.968 bits per heavy atom. The van der Waals surface area contributed by atoms with Crippen molar-refractivity contribution < 1.29 is 9.53 Å². The molecule has 0 unspecified atom stereocenters. The summed E-state index contributed by atoms with van der Waals surface area (Å²) in [6, 6.07) is 23.4. The number of nitrogens with zero attached hydrogens (tertiary/aromatic N) is 2. The standard InChI is InChI=1S/C26H29N3O2/c1-31-19-26(30)27-17-8-2-3-16-25-28-23-14-6-7-15-24(23)29(25)18-21-12-9-11-20-10-4-5-13-22(20)21/h4-7,9-15H,2-3,8,16-19H2,1H3,(H,27,30). The molecule has 0 radical (unpaired) electrons. The van der Waals surface area contributed by atoms with Gasteiger partial charge in [0.25, 0.3) is 0 Å². The number of carbonyl (C=O) groups excluding carboxylic acids is 1. The van der Waals surface area contributed by atoms with Crippen molar-refractivity contribution in [1.82, 2.24) is 14.9 Å². The number of fused-ring (bicyclic) bond motifs is 2. The molecule has 0 spiro atoms. The van der Waals surface area contributed by atoms with Gasteiger partial charge in [-0.3, -0.25) is 4.79 Å². The highest BCUT2D eigenvalue weighted by molar-refractivity contribution is 5.86. The minimum absolute atomic E-state index is 0.0561. The zero-order valence-corrected chi connectivity index (χ0v) is 18.0. The number of imidazole rings is 1. The average Bonchev–Trinajstić information content (AvgIpc) is 3.14. The van der Waals surface area contributed by atoms with Crippen LogP contribution in [-0.4, -0.2) is 35.7 Å². The van der Waals surface area contributed by atoms with Gasteiger partial charge in [-0.1, -0.05) is 61.0 Å². The number of amides is 1. The van der Waals surface area contributed by atoms with E-state index in [-0.39, 0.29) is 12.5 Å². The van der Waals surface area contributed by atoms with Gasteiger partial charge < -0.3 is 14.6 Å². The summed E-state index contributed by atoms with van der Waals surface area (Å²) >= 11 is 0. The molecule has 3 aromatic carbocycles. The molecule has 0 aliphatic rings. The summed E-state index contributed by atoms with van der Waals surface area (Å²) in [5.41, 5.74) is 3.53. The number of hydrogen-bond acceptors (Lipinski definition) is 3. The molecule has 0 aliphatic carbocycles. The molecule has 0 atom stereocenters. The van der Waals surface area contributed by atoms with Crippen LogP contribution in [0.25, 0.3) is 21.8 Å². The first-order valence-electron chi connectivity index (χ1n) is 10.9. The third-order valence-corrected chi connectivity index (χ3v) is 5.62. The highest BCUT2D eigenvalue weighted by atomic mass is 16.5. The number of para-hydroxylation sites is 2. The number of nitrogens with one attached hydrogen (secondary N) is 1. The third kappa shape index (κ3) is 5.12. The summed E-state index contributed by atoms with van der Waals surface area (Å²) < 4.78 is 7.19. The first-order chi connectivity index (χ1) is 15.3. The Kier molecular flexibility index (Phi) is 6.95. The van der Waals surface area contributed by atoms with Crippen molar-refractivity contribution in [2.24, 2.45) is 0 Å². The van der Waals surface area contributed by atoms with E-state index in [1.807, 2.05) is 6.07 Å². The molecule has 4 aromatic rings. The molecule has 1 heterocycles. The molecule has 4 rings (SSSR count). The van der Waals surface area contributed by atoms with E-state index in [2.05, 4.69) is 70.5 Å². The van der Waals surface area contributed by atoms with Crippen LogP contribution >= 0.6 is 0 Å². The van der Waals surface area contributed by atoms with E-state index in [1.54, 1.807) is 0 Å². The number of aryl methyl sites for hydroxylation is 1. The van der Waals surface area contributed by atoms with E-state index in [0.29, 0.717) is 6.54 Å². The Morgan fingerprint density at radius 3 is 2.68 bits per heavy atom. The summed E-state index contributed by atoms with van der Waals surface area (Å²) in [6.07, 6.45) is 3.97. The molecule has 0 saturated carbocycles. The van der Waals surface area contributed by atoms with Gasteiger partial charge in [0, 0.05) is 26.6 Å². The molecule has 5 nitrogen and oxygen atoms in total. The fraction of sp³-hybridized carbons (Fsp3) is 0.308. The molecule has 1 aromatic heterocycles. The predicted octanol–water partition coefficient (Wildman–Crippen LogP) is 4.71. The quantitative estimate of drug-likeness (QED) is 0.382. The largest absolute Gasteiger partial charge is 0.375 e. The highest BCUT2D eigenvalue weighted by Crippen LogP contribution is 2.24. The SMILES string of the molecule is COCC(=O)NCCCCCc1nc2ccccc2n1Cc1cccc2ccccc12. The van der Waals surface area contributed by atoms with Gasteiger partial charge in [-0.15, -0.1) is 0 Å². The van der Waals surface area contributed by atoms with Crippen LogP contribution in [0.4, 0.5) is 0 Å². The lowest BCUT2D eigenvalue weighted by Gasteiger charge is -2.12. The molecule has 1 N–H and O–H groups in total. The molecule has 0 aliphatic heterocycles. The first-order valence-corrected chi connectivity index (χ1v) is 10.9. The van der Waals surface area contributed by atoms with Crippen molar-refractivity contribution in [3.8, 4) is 0 Å². The number of methoxy groups -OCH3 is 1. The summed E-state index contributed by atoms with van der Waals surface area (Å²) in [4.78, 5) is 16.4. The van der Waals surface area contributed by atoms with Gasteiger partial charge >= 0.3 is 0 Å². The molecular formula is C26H29N3O2. The van der Waals surface area contributed by atoms with Gasteiger partial charge in [0.05, 0.1) is 11.0 Å². The minimum Gasteiger partial charge on any atom is -0.375 e. The van der Waals surface area contributed by atoms with Crippen LogP contribution in [0, 0.1) is 0 Å². The average molecular weight is 416 g/mol. The van der Waals surface area contributed by atoms with Crippen LogP contribution in [0.2, 0.25) is 0 Å². The highest BCUT2D eigenvalue weighted by Gasteiger charge is 2.12. The Morgan fingerprint density at radius 2 is 1.77 bits per heavy atom. The van der Waals surface area contributed by atoms with Gasteiger partial charge in [-0.25, -0.2) is 4.98 Å². The van der Waals surface area contributed by atoms with Gasteiger partial charge in [0.15, 0.2) is 0 Å².